The van der Waals surface area contributed by atoms with Crippen molar-refractivity contribution in [1.82, 2.24) is 9.80 Å². The van der Waals surface area contributed by atoms with Crippen molar-refractivity contribution in [2.24, 2.45) is 5.41 Å². The molecule has 0 radical (unpaired) electrons. The maximum Gasteiger partial charge on any atom is 0.257 e. The van der Waals surface area contributed by atoms with Gasteiger partial charge in [0.25, 0.3) is 5.91 Å². The summed E-state index contributed by atoms with van der Waals surface area (Å²) in [5, 5.41) is 0. The second kappa shape index (κ2) is 7.46. The van der Waals surface area contributed by atoms with E-state index >= 15 is 0 Å². The van der Waals surface area contributed by atoms with E-state index in [9.17, 15) is 9.59 Å². The molecular weight excluding hydrogens is 316 g/mol. The molecule has 0 bridgehead atoms. The van der Waals surface area contributed by atoms with Crippen LogP contribution in [0.4, 0.5) is 0 Å². The predicted octanol–water partition coefficient (Wildman–Crippen LogP) is 3.03. The van der Waals surface area contributed by atoms with E-state index < -0.39 is 5.41 Å². The minimum absolute atomic E-state index is 0.0144. The molecule has 0 saturated carbocycles. The van der Waals surface area contributed by atoms with Crippen molar-refractivity contribution in [2.75, 3.05) is 33.3 Å². The number of benzene rings is 1. The highest BCUT2D eigenvalue weighted by molar-refractivity contribution is 5.98. The number of nitrogens with zero attached hydrogens (tertiary/aromatic N) is 2. The topological polar surface area (TPSA) is 49.9 Å². The third-order valence-electron chi connectivity index (χ3n) is 4.59. The Labute approximate surface area is 150 Å². The number of amides is 2. The Morgan fingerprint density at radius 2 is 1.60 bits per heavy atom. The fourth-order valence-corrected chi connectivity index (χ4v) is 3.32. The van der Waals surface area contributed by atoms with Crippen LogP contribution in [0.15, 0.2) is 12.1 Å². The number of hydrogen-bond acceptors (Lipinski definition) is 3. The Bertz CT molecular complexity index is 662. The SMILES string of the molecule is COc1cc(C)cc(C)c1C(=O)N1CCCN(C(=O)C(C)(C)C)CC1. The van der Waals surface area contributed by atoms with Crippen molar-refractivity contribution in [2.45, 2.75) is 41.0 Å². The average Bonchev–Trinajstić information content (AvgIpc) is 2.77. The standard InChI is InChI=1S/C20H30N2O3/c1-14-12-15(2)17(16(13-14)25-6)18(23)21-8-7-9-22(11-10-21)19(24)20(3,4)5/h12-13H,7-11H2,1-6H3. The van der Waals surface area contributed by atoms with E-state index in [1.807, 2.05) is 56.6 Å². The summed E-state index contributed by atoms with van der Waals surface area (Å²) in [4.78, 5) is 29.3. The molecule has 2 rings (SSSR count). The van der Waals surface area contributed by atoms with Crippen LogP contribution in [0.25, 0.3) is 0 Å². The van der Waals surface area contributed by atoms with Gasteiger partial charge in [0.2, 0.25) is 5.91 Å². The minimum Gasteiger partial charge on any atom is -0.496 e. The molecule has 5 heteroatoms. The Balaban J connectivity index is 2.18. The van der Waals surface area contributed by atoms with Gasteiger partial charge in [0.1, 0.15) is 5.75 Å². The molecule has 0 atom stereocenters. The number of carbonyl (C=O) groups is 2. The molecule has 1 aromatic carbocycles. The normalized spacial score (nSPS) is 15.8. The number of aryl methyl sites for hydroxylation is 2. The highest BCUT2D eigenvalue weighted by Gasteiger charge is 2.30. The molecule has 5 nitrogen and oxygen atoms in total. The molecule has 1 saturated heterocycles. The second-order valence-corrected chi connectivity index (χ2v) is 7.85. The van der Waals surface area contributed by atoms with E-state index in [1.165, 1.54) is 0 Å². The van der Waals surface area contributed by atoms with Gasteiger partial charge in [0.15, 0.2) is 0 Å². The lowest BCUT2D eigenvalue weighted by Crippen LogP contribution is -2.42. The molecule has 0 aromatic heterocycles. The summed E-state index contributed by atoms with van der Waals surface area (Å²) in [6.07, 6.45) is 0.792. The third kappa shape index (κ3) is 4.33. The molecule has 0 spiro atoms. The van der Waals surface area contributed by atoms with Gasteiger partial charge in [-0.25, -0.2) is 0 Å². The zero-order chi connectivity index (χ0) is 18.8. The van der Waals surface area contributed by atoms with Gasteiger partial charge in [0.05, 0.1) is 12.7 Å². The van der Waals surface area contributed by atoms with Gasteiger partial charge in [0, 0.05) is 31.6 Å². The average molecular weight is 346 g/mol. The van der Waals surface area contributed by atoms with Crippen LogP contribution in [0.3, 0.4) is 0 Å². The highest BCUT2D eigenvalue weighted by atomic mass is 16.5. The summed E-state index contributed by atoms with van der Waals surface area (Å²) >= 11 is 0. The van der Waals surface area contributed by atoms with Gasteiger partial charge in [-0.2, -0.15) is 0 Å². The Morgan fingerprint density at radius 1 is 1.00 bits per heavy atom. The van der Waals surface area contributed by atoms with Gasteiger partial charge in [-0.3, -0.25) is 9.59 Å². The van der Waals surface area contributed by atoms with Gasteiger partial charge in [-0.15, -0.1) is 0 Å². The second-order valence-electron chi connectivity index (χ2n) is 7.85. The molecule has 1 aromatic rings. The molecule has 2 amide bonds. The maximum absolute atomic E-state index is 13.1. The van der Waals surface area contributed by atoms with Gasteiger partial charge in [-0.1, -0.05) is 26.8 Å². The lowest BCUT2D eigenvalue weighted by atomic mass is 9.94. The summed E-state index contributed by atoms with van der Waals surface area (Å²) in [7, 11) is 1.59. The molecule has 25 heavy (non-hydrogen) atoms. The molecule has 0 unspecified atom stereocenters. The van der Waals surface area contributed by atoms with Crippen LogP contribution < -0.4 is 4.74 Å². The first-order chi connectivity index (χ1) is 11.6. The van der Waals surface area contributed by atoms with Crippen LogP contribution in [0.1, 0.15) is 48.7 Å². The van der Waals surface area contributed by atoms with Gasteiger partial charge < -0.3 is 14.5 Å². The van der Waals surface area contributed by atoms with Gasteiger partial charge >= 0.3 is 0 Å². The lowest BCUT2D eigenvalue weighted by molar-refractivity contribution is -0.139. The summed E-state index contributed by atoms with van der Waals surface area (Å²) in [6, 6.07) is 3.90. The van der Waals surface area contributed by atoms with Crippen LogP contribution in [0.2, 0.25) is 0 Å². The Morgan fingerprint density at radius 3 is 2.20 bits per heavy atom. The first kappa shape index (κ1) is 19.3. The van der Waals surface area contributed by atoms with Crippen LogP contribution in [-0.2, 0) is 4.79 Å². The molecule has 0 N–H and O–H groups in total. The number of hydrogen-bond donors (Lipinski definition) is 0. The molecule has 1 aliphatic rings. The minimum atomic E-state index is -0.393. The lowest BCUT2D eigenvalue weighted by Gasteiger charge is -2.28. The predicted molar refractivity (Wildman–Crippen MR) is 99.0 cm³/mol. The number of carbonyl (C=O) groups excluding carboxylic acids is 2. The first-order valence-electron chi connectivity index (χ1n) is 8.89. The first-order valence-corrected chi connectivity index (χ1v) is 8.89. The molecule has 1 heterocycles. The van der Waals surface area contributed by atoms with Crippen molar-refractivity contribution in [3.63, 3.8) is 0 Å². The van der Waals surface area contributed by atoms with E-state index in [0.29, 0.717) is 37.5 Å². The van der Waals surface area contributed by atoms with E-state index in [4.69, 9.17) is 4.74 Å². The smallest absolute Gasteiger partial charge is 0.257 e. The van der Waals surface area contributed by atoms with Crippen LogP contribution in [0, 0.1) is 19.3 Å². The maximum atomic E-state index is 13.1. The zero-order valence-corrected chi connectivity index (χ0v) is 16.3. The Hall–Kier alpha value is -2.04. The van der Waals surface area contributed by atoms with E-state index in [2.05, 4.69) is 0 Å². The van der Waals surface area contributed by atoms with Crippen molar-refractivity contribution in [3.05, 3.63) is 28.8 Å². The summed E-state index contributed by atoms with van der Waals surface area (Å²) in [5.74, 6) is 0.750. The zero-order valence-electron chi connectivity index (χ0n) is 16.3. The summed E-state index contributed by atoms with van der Waals surface area (Å²) in [5.41, 5.74) is 2.23. The van der Waals surface area contributed by atoms with Crippen molar-refractivity contribution in [1.29, 1.82) is 0 Å². The largest absolute Gasteiger partial charge is 0.496 e. The van der Waals surface area contributed by atoms with Crippen LogP contribution >= 0.6 is 0 Å². The fourth-order valence-electron chi connectivity index (χ4n) is 3.32. The molecule has 0 aliphatic carbocycles. The van der Waals surface area contributed by atoms with E-state index in [-0.39, 0.29) is 11.8 Å². The molecule has 1 fully saturated rings. The van der Waals surface area contributed by atoms with Crippen molar-refractivity contribution >= 4 is 11.8 Å². The highest BCUT2D eigenvalue weighted by Crippen LogP contribution is 2.26. The third-order valence-corrected chi connectivity index (χ3v) is 4.59. The molecular formula is C20H30N2O3. The molecule has 1 aliphatic heterocycles. The summed E-state index contributed by atoms with van der Waals surface area (Å²) < 4.78 is 5.44. The fraction of sp³-hybridized carbons (Fsp3) is 0.600. The van der Waals surface area contributed by atoms with Crippen molar-refractivity contribution < 1.29 is 14.3 Å². The molecule has 138 valence electrons. The number of rotatable bonds is 2. The van der Waals surface area contributed by atoms with E-state index in [0.717, 1.165) is 17.5 Å². The van der Waals surface area contributed by atoms with Crippen molar-refractivity contribution in [3.8, 4) is 5.75 Å². The quantitative estimate of drug-likeness (QED) is 0.827. The number of ether oxygens (including phenoxy) is 1. The number of methoxy groups -OCH3 is 1. The Kier molecular flexibility index (Phi) is 5.76. The van der Waals surface area contributed by atoms with Crippen LogP contribution in [-0.4, -0.2) is 54.9 Å². The van der Waals surface area contributed by atoms with Crippen LogP contribution in [0.5, 0.6) is 5.75 Å². The summed E-state index contributed by atoms with van der Waals surface area (Å²) in [6.45, 7) is 12.2. The van der Waals surface area contributed by atoms with E-state index in [1.54, 1.807) is 7.11 Å². The van der Waals surface area contributed by atoms with Gasteiger partial charge in [-0.05, 0) is 37.5 Å². The monoisotopic (exact) mass is 346 g/mol.